The van der Waals surface area contributed by atoms with Crippen LogP contribution in [0.5, 0.6) is 0 Å². The number of benzene rings is 1. The molecule has 1 aliphatic rings. The molecule has 1 aromatic carbocycles. The maximum atomic E-state index is 12.6. The average Bonchev–Trinajstić information content (AvgIpc) is 3.17. The molecule has 0 aromatic heterocycles. The van der Waals surface area contributed by atoms with Gasteiger partial charge in [-0.25, -0.2) is 13.4 Å². The van der Waals surface area contributed by atoms with Crippen LogP contribution in [-0.4, -0.2) is 70.0 Å². The second-order valence-electron chi connectivity index (χ2n) is 7.54. The van der Waals surface area contributed by atoms with Gasteiger partial charge >= 0.3 is 0 Å². The maximum Gasteiger partial charge on any atom is 0.243 e. The molecule has 0 spiro atoms. The molecular weight excluding hydrogens is 503 g/mol. The first-order chi connectivity index (χ1) is 13.3. The number of ether oxygens (including phenoxy) is 1. The van der Waals surface area contributed by atoms with Crippen molar-refractivity contribution in [2.45, 2.75) is 44.7 Å². The minimum absolute atomic E-state index is 0. The summed E-state index contributed by atoms with van der Waals surface area (Å²) in [5.41, 5.74) is 0.971. The van der Waals surface area contributed by atoms with Crippen LogP contribution < -0.4 is 5.32 Å². The van der Waals surface area contributed by atoms with Gasteiger partial charge in [0.25, 0.3) is 0 Å². The molecule has 0 saturated carbocycles. The molecule has 1 atom stereocenters. The highest BCUT2D eigenvalue weighted by atomic mass is 127. The molecule has 0 amide bonds. The standard InChI is InChI=1S/C20H34N4O3S.HI/c1-6-21-20(23(4)14-18-11-12-27-15-18)22-13-17-7-9-19(10-8-17)28(25,26)24(5)16(2)3;/h7-10,16,18H,6,11-15H2,1-5H3,(H,21,22);1H. The Morgan fingerprint density at radius 2 is 1.93 bits per heavy atom. The van der Waals surface area contributed by atoms with Crippen LogP contribution in [0, 0.1) is 5.92 Å². The van der Waals surface area contributed by atoms with E-state index in [1.807, 2.05) is 40.0 Å². The van der Waals surface area contributed by atoms with Crippen LogP contribution in [0.15, 0.2) is 34.2 Å². The lowest BCUT2D eigenvalue weighted by atomic mass is 10.1. The fourth-order valence-corrected chi connectivity index (χ4v) is 4.42. The van der Waals surface area contributed by atoms with Crippen LogP contribution in [0.2, 0.25) is 0 Å². The summed E-state index contributed by atoms with van der Waals surface area (Å²) < 4.78 is 32.0. The normalized spacial score (nSPS) is 17.5. The van der Waals surface area contributed by atoms with Gasteiger partial charge in [-0.15, -0.1) is 24.0 Å². The SMILES string of the molecule is CCNC(=NCc1ccc(S(=O)(=O)N(C)C(C)C)cc1)N(C)CC1CCOC1.I. The molecular formula is C20H35IN4O3S. The Morgan fingerprint density at radius 3 is 2.45 bits per heavy atom. The number of hydrogen-bond donors (Lipinski definition) is 1. The van der Waals surface area contributed by atoms with Gasteiger partial charge in [0.15, 0.2) is 5.96 Å². The monoisotopic (exact) mass is 538 g/mol. The van der Waals surface area contributed by atoms with E-state index in [0.29, 0.717) is 17.4 Å². The fourth-order valence-electron chi connectivity index (χ4n) is 3.05. The molecule has 2 rings (SSSR count). The van der Waals surface area contributed by atoms with E-state index < -0.39 is 10.0 Å². The van der Waals surface area contributed by atoms with Crippen molar-refractivity contribution in [3.05, 3.63) is 29.8 Å². The van der Waals surface area contributed by atoms with Crippen molar-refractivity contribution >= 4 is 40.0 Å². The fraction of sp³-hybridized carbons (Fsp3) is 0.650. The van der Waals surface area contributed by atoms with Crippen LogP contribution in [0.1, 0.15) is 32.8 Å². The molecule has 1 fully saturated rings. The Hall–Kier alpha value is -0.910. The van der Waals surface area contributed by atoms with Gasteiger partial charge in [-0.1, -0.05) is 12.1 Å². The molecule has 9 heteroatoms. The van der Waals surface area contributed by atoms with Crippen LogP contribution in [-0.2, 0) is 21.3 Å². The molecule has 1 N–H and O–H groups in total. The minimum Gasteiger partial charge on any atom is -0.381 e. The van der Waals surface area contributed by atoms with E-state index in [9.17, 15) is 8.42 Å². The summed E-state index contributed by atoms with van der Waals surface area (Å²) in [5.74, 6) is 1.39. The highest BCUT2D eigenvalue weighted by molar-refractivity contribution is 14.0. The smallest absolute Gasteiger partial charge is 0.243 e. The van der Waals surface area contributed by atoms with E-state index >= 15 is 0 Å². The number of aliphatic imine (C=N–C) groups is 1. The molecule has 0 radical (unpaired) electrons. The molecule has 0 aliphatic carbocycles. The van der Waals surface area contributed by atoms with E-state index in [0.717, 1.165) is 44.2 Å². The van der Waals surface area contributed by atoms with E-state index in [1.54, 1.807) is 19.2 Å². The molecule has 1 aliphatic heterocycles. The van der Waals surface area contributed by atoms with E-state index in [2.05, 4.69) is 10.2 Å². The molecule has 1 heterocycles. The van der Waals surface area contributed by atoms with Crippen molar-refractivity contribution in [2.24, 2.45) is 10.9 Å². The lowest BCUT2D eigenvalue weighted by Gasteiger charge is -2.24. The highest BCUT2D eigenvalue weighted by Gasteiger charge is 2.23. The topological polar surface area (TPSA) is 74.2 Å². The number of hydrogen-bond acceptors (Lipinski definition) is 4. The largest absolute Gasteiger partial charge is 0.381 e. The van der Waals surface area contributed by atoms with Gasteiger partial charge in [-0.05, 0) is 44.9 Å². The number of guanidine groups is 1. The number of halogens is 1. The van der Waals surface area contributed by atoms with Crippen LogP contribution in [0.4, 0.5) is 0 Å². The Balaban J connectivity index is 0.00000420. The van der Waals surface area contributed by atoms with Gasteiger partial charge in [0.1, 0.15) is 0 Å². The second-order valence-corrected chi connectivity index (χ2v) is 9.54. The van der Waals surface area contributed by atoms with Gasteiger partial charge in [-0.2, -0.15) is 4.31 Å². The summed E-state index contributed by atoms with van der Waals surface area (Å²) in [4.78, 5) is 7.16. The Labute approximate surface area is 193 Å². The molecule has 1 unspecified atom stereocenters. The van der Waals surface area contributed by atoms with Crippen molar-refractivity contribution in [3.63, 3.8) is 0 Å². The predicted molar refractivity (Wildman–Crippen MR) is 128 cm³/mol. The zero-order valence-electron chi connectivity index (χ0n) is 18.1. The lowest BCUT2D eigenvalue weighted by molar-refractivity contribution is 0.181. The van der Waals surface area contributed by atoms with Crippen molar-refractivity contribution < 1.29 is 13.2 Å². The quantitative estimate of drug-likeness (QED) is 0.313. The molecule has 29 heavy (non-hydrogen) atoms. The summed E-state index contributed by atoms with van der Waals surface area (Å²) in [5, 5.41) is 3.32. The maximum absolute atomic E-state index is 12.6. The first-order valence-electron chi connectivity index (χ1n) is 9.89. The summed E-state index contributed by atoms with van der Waals surface area (Å²) in [6.07, 6.45) is 1.09. The molecule has 1 saturated heterocycles. The predicted octanol–water partition coefficient (Wildman–Crippen LogP) is 2.77. The van der Waals surface area contributed by atoms with Gasteiger partial charge in [-0.3, -0.25) is 0 Å². The summed E-state index contributed by atoms with van der Waals surface area (Å²) in [7, 11) is 0.186. The summed E-state index contributed by atoms with van der Waals surface area (Å²) >= 11 is 0. The van der Waals surface area contributed by atoms with Gasteiger partial charge in [0.2, 0.25) is 10.0 Å². The highest BCUT2D eigenvalue weighted by Crippen LogP contribution is 2.18. The third-order valence-electron chi connectivity index (χ3n) is 4.99. The summed E-state index contributed by atoms with van der Waals surface area (Å²) in [6, 6.07) is 6.90. The van der Waals surface area contributed by atoms with Crippen LogP contribution >= 0.6 is 24.0 Å². The lowest BCUT2D eigenvalue weighted by Crippen LogP contribution is -2.41. The Bertz CT molecular complexity index is 747. The Kier molecular flexibility index (Phi) is 10.9. The number of sulfonamides is 1. The van der Waals surface area contributed by atoms with Gasteiger partial charge in [0.05, 0.1) is 18.0 Å². The third-order valence-corrected chi connectivity index (χ3v) is 7.04. The number of nitrogens with zero attached hydrogens (tertiary/aromatic N) is 3. The molecule has 1 aromatic rings. The van der Waals surface area contributed by atoms with E-state index in [4.69, 9.17) is 9.73 Å². The second kappa shape index (κ2) is 12.1. The zero-order chi connectivity index (χ0) is 20.7. The third kappa shape index (κ3) is 7.37. The first kappa shape index (κ1) is 26.1. The van der Waals surface area contributed by atoms with Crippen molar-refractivity contribution in [2.75, 3.05) is 40.4 Å². The molecule has 166 valence electrons. The minimum atomic E-state index is -3.46. The van der Waals surface area contributed by atoms with E-state index in [1.165, 1.54) is 4.31 Å². The van der Waals surface area contributed by atoms with Crippen molar-refractivity contribution in [1.82, 2.24) is 14.5 Å². The zero-order valence-corrected chi connectivity index (χ0v) is 21.2. The number of nitrogens with one attached hydrogen (secondary N) is 1. The number of rotatable bonds is 8. The van der Waals surface area contributed by atoms with Gasteiger partial charge < -0.3 is 15.0 Å². The van der Waals surface area contributed by atoms with Gasteiger partial charge in [0, 0.05) is 45.8 Å². The summed E-state index contributed by atoms with van der Waals surface area (Å²) in [6.45, 7) is 9.61. The van der Waals surface area contributed by atoms with Crippen molar-refractivity contribution in [1.29, 1.82) is 0 Å². The molecule has 0 bridgehead atoms. The first-order valence-corrected chi connectivity index (χ1v) is 11.3. The van der Waals surface area contributed by atoms with E-state index in [-0.39, 0.29) is 30.0 Å². The Morgan fingerprint density at radius 1 is 1.28 bits per heavy atom. The van der Waals surface area contributed by atoms with Crippen LogP contribution in [0.25, 0.3) is 0 Å². The van der Waals surface area contributed by atoms with Crippen LogP contribution in [0.3, 0.4) is 0 Å². The molecule has 7 nitrogen and oxygen atoms in total. The van der Waals surface area contributed by atoms with Crippen molar-refractivity contribution in [3.8, 4) is 0 Å². The average molecular weight is 538 g/mol.